The number of ether oxygens (including phenoxy) is 1. The molecule has 21 heavy (non-hydrogen) atoms. The van der Waals surface area contributed by atoms with Crippen molar-refractivity contribution in [1.29, 1.82) is 0 Å². The van der Waals surface area contributed by atoms with Gasteiger partial charge in [0.1, 0.15) is 0 Å². The van der Waals surface area contributed by atoms with Crippen molar-refractivity contribution in [3.8, 4) is 0 Å². The SMILES string of the molecule is CCOC1(C(Cc2ccc(CC)s2)NN)CCCC(C)C1. The summed E-state index contributed by atoms with van der Waals surface area (Å²) in [6.45, 7) is 7.39. The fourth-order valence-corrected chi connectivity index (χ4v) is 4.70. The maximum Gasteiger partial charge on any atom is 0.0854 e. The van der Waals surface area contributed by atoms with Crippen molar-refractivity contribution >= 4 is 11.3 Å². The van der Waals surface area contributed by atoms with Gasteiger partial charge in [-0.1, -0.05) is 26.7 Å². The minimum absolute atomic E-state index is 0.0997. The number of thiophene rings is 1. The van der Waals surface area contributed by atoms with Crippen LogP contribution in [0.5, 0.6) is 0 Å². The number of hydrazine groups is 1. The zero-order valence-electron chi connectivity index (χ0n) is 13.7. The standard InChI is InChI=1S/C17H30N2OS/c1-4-14-8-9-15(21-14)11-16(19-18)17(20-5-2)10-6-7-13(3)12-17/h8-9,13,16,19H,4-7,10-12,18H2,1-3H3. The molecule has 2 rings (SSSR count). The van der Waals surface area contributed by atoms with E-state index in [0.717, 1.165) is 38.2 Å². The number of hydrogen-bond acceptors (Lipinski definition) is 4. The third-order valence-electron chi connectivity index (χ3n) is 4.73. The third-order valence-corrected chi connectivity index (χ3v) is 5.98. The molecule has 0 saturated heterocycles. The minimum atomic E-state index is -0.0997. The number of aryl methyl sites for hydroxylation is 1. The lowest BCUT2D eigenvalue weighted by atomic mass is 9.73. The van der Waals surface area contributed by atoms with E-state index in [2.05, 4.69) is 38.3 Å². The van der Waals surface area contributed by atoms with Crippen LogP contribution in [0.2, 0.25) is 0 Å². The van der Waals surface area contributed by atoms with Crippen LogP contribution in [0.1, 0.15) is 56.2 Å². The lowest BCUT2D eigenvalue weighted by Gasteiger charge is -2.45. The Morgan fingerprint density at radius 1 is 1.43 bits per heavy atom. The Labute approximate surface area is 133 Å². The highest BCUT2D eigenvalue weighted by atomic mass is 32.1. The van der Waals surface area contributed by atoms with Crippen LogP contribution in [0.3, 0.4) is 0 Å². The molecule has 120 valence electrons. The predicted octanol–water partition coefficient (Wildman–Crippen LogP) is 3.67. The molecule has 0 amide bonds. The molecular formula is C17H30N2OS. The summed E-state index contributed by atoms with van der Waals surface area (Å²) in [5.74, 6) is 6.64. The largest absolute Gasteiger partial charge is 0.374 e. The van der Waals surface area contributed by atoms with Crippen molar-refractivity contribution in [2.45, 2.75) is 70.9 Å². The Morgan fingerprint density at radius 3 is 2.76 bits per heavy atom. The monoisotopic (exact) mass is 310 g/mol. The smallest absolute Gasteiger partial charge is 0.0854 e. The van der Waals surface area contributed by atoms with E-state index >= 15 is 0 Å². The average molecular weight is 311 g/mol. The first-order valence-electron chi connectivity index (χ1n) is 8.31. The molecule has 3 atom stereocenters. The molecule has 1 saturated carbocycles. The van der Waals surface area contributed by atoms with Crippen LogP contribution in [0, 0.1) is 5.92 Å². The van der Waals surface area contributed by atoms with Gasteiger partial charge in [-0.25, -0.2) is 0 Å². The van der Waals surface area contributed by atoms with E-state index in [9.17, 15) is 0 Å². The molecule has 1 aliphatic rings. The highest BCUT2D eigenvalue weighted by Crippen LogP contribution is 2.39. The molecule has 0 bridgehead atoms. The molecule has 0 aliphatic heterocycles. The molecule has 1 fully saturated rings. The second kappa shape index (κ2) is 7.73. The molecule has 0 radical (unpaired) electrons. The summed E-state index contributed by atoms with van der Waals surface area (Å²) in [7, 11) is 0. The van der Waals surface area contributed by atoms with Crippen molar-refractivity contribution in [3.63, 3.8) is 0 Å². The second-order valence-electron chi connectivity index (χ2n) is 6.34. The highest BCUT2D eigenvalue weighted by Gasteiger charge is 2.42. The average Bonchev–Trinajstić information content (AvgIpc) is 2.92. The Balaban J connectivity index is 2.14. The van der Waals surface area contributed by atoms with Gasteiger partial charge in [0.2, 0.25) is 0 Å². The van der Waals surface area contributed by atoms with E-state index in [0.29, 0.717) is 0 Å². The maximum absolute atomic E-state index is 6.26. The molecule has 3 nitrogen and oxygen atoms in total. The van der Waals surface area contributed by atoms with Crippen molar-refractivity contribution in [3.05, 3.63) is 21.9 Å². The van der Waals surface area contributed by atoms with Crippen LogP contribution in [-0.4, -0.2) is 18.2 Å². The van der Waals surface area contributed by atoms with Gasteiger partial charge in [0.05, 0.1) is 11.6 Å². The van der Waals surface area contributed by atoms with E-state index < -0.39 is 0 Å². The van der Waals surface area contributed by atoms with Crippen LogP contribution in [-0.2, 0) is 17.6 Å². The van der Waals surface area contributed by atoms with Gasteiger partial charge in [-0.15, -0.1) is 11.3 Å². The summed E-state index contributed by atoms with van der Waals surface area (Å²) in [4.78, 5) is 2.86. The van der Waals surface area contributed by atoms with Crippen molar-refractivity contribution in [1.82, 2.24) is 5.43 Å². The normalized spacial score (nSPS) is 27.7. The summed E-state index contributed by atoms with van der Waals surface area (Å²) in [6, 6.07) is 4.69. The number of rotatable bonds is 7. The second-order valence-corrected chi connectivity index (χ2v) is 7.60. The van der Waals surface area contributed by atoms with E-state index in [1.54, 1.807) is 0 Å². The van der Waals surface area contributed by atoms with Gasteiger partial charge in [-0.2, -0.15) is 0 Å². The Hall–Kier alpha value is -0.420. The van der Waals surface area contributed by atoms with Crippen LogP contribution in [0.15, 0.2) is 12.1 Å². The molecule has 3 N–H and O–H groups in total. The Bertz CT molecular complexity index is 430. The van der Waals surface area contributed by atoms with Crippen molar-refractivity contribution in [2.75, 3.05) is 6.61 Å². The Morgan fingerprint density at radius 2 is 2.19 bits per heavy atom. The van der Waals surface area contributed by atoms with Gasteiger partial charge in [0.25, 0.3) is 0 Å². The molecule has 1 aliphatic carbocycles. The van der Waals surface area contributed by atoms with Crippen LogP contribution < -0.4 is 11.3 Å². The first-order valence-corrected chi connectivity index (χ1v) is 9.12. The zero-order valence-corrected chi connectivity index (χ0v) is 14.5. The van der Waals surface area contributed by atoms with Gasteiger partial charge in [0, 0.05) is 22.8 Å². The van der Waals surface area contributed by atoms with Crippen LogP contribution >= 0.6 is 11.3 Å². The van der Waals surface area contributed by atoms with Crippen molar-refractivity contribution < 1.29 is 4.74 Å². The maximum atomic E-state index is 6.26. The third kappa shape index (κ3) is 4.07. The van der Waals surface area contributed by atoms with Crippen LogP contribution in [0.4, 0.5) is 0 Å². The van der Waals surface area contributed by atoms with E-state index in [4.69, 9.17) is 10.6 Å². The van der Waals surface area contributed by atoms with Gasteiger partial charge < -0.3 is 4.74 Å². The summed E-state index contributed by atoms with van der Waals surface area (Å²) in [5, 5.41) is 0. The molecule has 0 aromatic carbocycles. The van der Waals surface area contributed by atoms with E-state index in [1.807, 2.05) is 11.3 Å². The molecule has 1 heterocycles. The highest BCUT2D eigenvalue weighted by molar-refractivity contribution is 7.11. The summed E-state index contributed by atoms with van der Waals surface area (Å²) in [5.41, 5.74) is 2.98. The van der Waals surface area contributed by atoms with Gasteiger partial charge in [-0.05, 0) is 44.2 Å². The lowest BCUT2D eigenvalue weighted by Crippen LogP contribution is -2.57. The first-order chi connectivity index (χ1) is 10.1. The molecular weight excluding hydrogens is 280 g/mol. The lowest BCUT2D eigenvalue weighted by molar-refractivity contribution is -0.100. The summed E-state index contributed by atoms with van der Waals surface area (Å²) >= 11 is 1.91. The van der Waals surface area contributed by atoms with E-state index in [-0.39, 0.29) is 11.6 Å². The fraction of sp³-hybridized carbons (Fsp3) is 0.765. The van der Waals surface area contributed by atoms with Gasteiger partial charge in [-0.3, -0.25) is 11.3 Å². The summed E-state index contributed by atoms with van der Waals surface area (Å²) in [6.07, 6.45) is 6.86. The van der Waals surface area contributed by atoms with Gasteiger partial charge >= 0.3 is 0 Å². The van der Waals surface area contributed by atoms with Crippen LogP contribution in [0.25, 0.3) is 0 Å². The predicted molar refractivity (Wildman–Crippen MR) is 90.5 cm³/mol. The quantitative estimate of drug-likeness (QED) is 0.597. The fourth-order valence-electron chi connectivity index (χ4n) is 3.70. The molecule has 1 aromatic rings. The molecule has 0 spiro atoms. The van der Waals surface area contributed by atoms with E-state index in [1.165, 1.54) is 22.6 Å². The zero-order chi connectivity index (χ0) is 15.3. The topological polar surface area (TPSA) is 47.3 Å². The minimum Gasteiger partial charge on any atom is -0.374 e. The first kappa shape index (κ1) is 16.9. The number of hydrogen-bond donors (Lipinski definition) is 2. The molecule has 1 aromatic heterocycles. The molecule has 4 heteroatoms. The van der Waals surface area contributed by atoms with Crippen molar-refractivity contribution in [2.24, 2.45) is 11.8 Å². The molecule has 3 unspecified atom stereocenters. The number of nitrogens with two attached hydrogens (primary N) is 1. The Kier molecular flexibility index (Phi) is 6.23. The van der Waals surface area contributed by atoms with Gasteiger partial charge in [0.15, 0.2) is 0 Å². The summed E-state index contributed by atoms with van der Waals surface area (Å²) < 4.78 is 6.26. The number of nitrogens with one attached hydrogen (secondary N) is 1.